The van der Waals surface area contributed by atoms with Gasteiger partial charge in [0, 0.05) is 6.54 Å². The Labute approximate surface area is 170 Å². The number of ether oxygens (including phenoxy) is 1. The van der Waals surface area contributed by atoms with E-state index in [1.165, 1.54) is 17.7 Å². The van der Waals surface area contributed by atoms with Crippen LogP contribution in [0.25, 0.3) is 0 Å². The number of amides is 1. The molecule has 0 saturated carbocycles. The minimum atomic E-state index is -3.56. The highest BCUT2D eigenvalue weighted by atomic mass is 32.2. The van der Waals surface area contributed by atoms with Gasteiger partial charge in [0.15, 0.2) is 6.10 Å². The maximum atomic E-state index is 14.0. The van der Waals surface area contributed by atoms with Crippen LogP contribution >= 0.6 is 0 Å². The van der Waals surface area contributed by atoms with E-state index in [-0.39, 0.29) is 29.7 Å². The van der Waals surface area contributed by atoms with Gasteiger partial charge >= 0.3 is 0 Å². The van der Waals surface area contributed by atoms with Crippen molar-refractivity contribution in [3.05, 3.63) is 65.0 Å². The molecular weight excluding hydrogens is 395 g/mol. The minimum absolute atomic E-state index is 0.0569. The number of carbonyl (C=O) groups is 1. The molecule has 29 heavy (non-hydrogen) atoms. The van der Waals surface area contributed by atoms with Crippen molar-refractivity contribution in [2.45, 2.75) is 44.9 Å². The molecule has 1 aliphatic heterocycles. The first-order valence-electron chi connectivity index (χ1n) is 9.24. The fraction of sp³-hybridized carbons (Fsp3) is 0.381. The van der Waals surface area contributed by atoms with Crippen molar-refractivity contribution in [2.75, 3.05) is 11.0 Å². The van der Waals surface area contributed by atoms with Gasteiger partial charge in [-0.25, -0.2) is 12.8 Å². The highest BCUT2D eigenvalue weighted by molar-refractivity contribution is 7.92. The van der Waals surface area contributed by atoms with Crippen LogP contribution in [-0.2, 0) is 31.5 Å². The van der Waals surface area contributed by atoms with E-state index in [0.717, 1.165) is 11.8 Å². The molecular formula is C21H25FN2O4S. The van der Waals surface area contributed by atoms with Crippen LogP contribution in [0.5, 0.6) is 0 Å². The second kappa shape index (κ2) is 7.76. The SMILES string of the molecule is CC(C)(C)c1ccc(C2OC2C(=O)NCc2ccc(NS(C)(=O)=O)c(F)c2)cc1. The molecule has 0 aliphatic carbocycles. The van der Waals surface area contributed by atoms with Gasteiger partial charge in [-0.3, -0.25) is 9.52 Å². The average molecular weight is 421 g/mol. The molecule has 1 heterocycles. The number of epoxide rings is 1. The Morgan fingerprint density at radius 1 is 1.14 bits per heavy atom. The molecule has 0 aromatic heterocycles. The summed E-state index contributed by atoms with van der Waals surface area (Å²) in [7, 11) is -3.56. The van der Waals surface area contributed by atoms with Gasteiger partial charge in [-0.05, 0) is 34.2 Å². The van der Waals surface area contributed by atoms with Gasteiger partial charge in [0.05, 0.1) is 11.9 Å². The van der Waals surface area contributed by atoms with Crippen molar-refractivity contribution in [2.24, 2.45) is 0 Å². The molecule has 2 unspecified atom stereocenters. The molecule has 2 N–H and O–H groups in total. The van der Waals surface area contributed by atoms with E-state index in [9.17, 15) is 17.6 Å². The third kappa shape index (κ3) is 5.55. The predicted octanol–water partition coefficient (Wildman–Crippen LogP) is 3.25. The van der Waals surface area contributed by atoms with Gasteiger partial charge in [0.1, 0.15) is 11.9 Å². The van der Waals surface area contributed by atoms with Crippen LogP contribution in [0.15, 0.2) is 42.5 Å². The van der Waals surface area contributed by atoms with Crippen LogP contribution in [0.1, 0.15) is 43.6 Å². The largest absolute Gasteiger partial charge is 0.354 e. The van der Waals surface area contributed by atoms with E-state index in [2.05, 4.69) is 30.8 Å². The monoisotopic (exact) mass is 420 g/mol. The summed E-state index contributed by atoms with van der Waals surface area (Å²) in [6, 6.07) is 12.1. The highest BCUT2D eigenvalue weighted by Gasteiger charge is 2.45. The molecule has 2 atom stereocenters. The maximum absolute atomic E-state index is 14.0. The molecule has 0 spiro atoms. The third-order valence-electron chi connectivity index (χ3n) is 4.65. The molecule has 2 aromatic rings. The number of nitrogens with one attached hydrogen (secondary N) is 2. The normalized spacial score (nSPS) is 18.9. The lowest BCUT2D eigenvalue weighted by Crippen LogP contribution is -2.27. The van der Waals surface area contributed by atoms with Crippen molar-refractivity contribution in [1.29, 1.82) is 0 Å². The first kappa shape index (κ1) is 21.3. The number of rotatable bonds is 6. The number of anilines is 1. The summed E-state index contributed by atoms with van der Waals surface area (Å²) >= 11 is 0. The molecule has 1 saturated heterocycles. The second-order valence-electron chi connectivity index (χ2n) is 8.26. The van der Waals surface area contributed by atoms with Crippen LogP contribution in [-0.4, -0.2) is 26.7 Å². The summed E-state index contributed by atoms with van der Waals surface area (Å²) in [5.74, 6) is -0.977. The van der Waals surface area contributed by atoms with E-state index in [1.54, 1.807) is 6.07 Å². The molecule has 0 radical (unpaired) electrons. The van der Waals surface area contributed by atoms with Crippen molar-refractivity contribution in [3.8, 4) is 0 Å². The van der Waals surface area contributed by atoms with Crippen LogP contribution in [0.3, 0.4) is 0 Å². The summed E-state index contributed by atoms with van der Waals surface area (Å²) in [4.78, 5) is 12.3. The molecule has 6 nitrogen and oxygen atoms in total. The Bertz CT molecular complexity index is 1010. The Kier molecular flexibility index (Phi) is 5.69. The smallest absolute Gasteiger partial charge is 0.252 e. The zero-order valence-electron chi connectivity index (χ0n) is 16.8. The van der Waals surface area contributed by atoms with Gasteiger partial charge in [-0.2, -0.15) is 0 Å². The van der Waals surface area contributed by atoms with E-state index < -0.39 is 21.9 Å². The maximum Gasteiger partial charge on any atom is 0.252 e. The van der Waals surface area contributed by atoms with Crippen molar-refractivity contribution < 1.29 is 22.3 Å². The Morgan fingerprint density at radius 2 is 1.79 bits per heavy atom. The molecule has 2 aromatic carbocycles. The molecule has 156 valence electrons. The van der Waals surface area contributed by atoms with Gasteiger partial charge in [-0.15, -0.1) is 0 Å². The second-order valence-corrected chi connectivity index (χ2v) is 10.0. The summed E-state index contributed by atoms with van der Waals surface area (Å²) in [6.07, 6.45) is 0.108. The lowest BCUT2D eigenvalue weighted by atomic mass is 9.86. The Morgan fingerprint density at radius 3 is 2.34 bits per heavy atom. The number of carbonyl (C=O) groups excluding carboxylic acids is 1. The van der Waals surface area contributed by atoms with Gasteiger partial charge in [-0.1, -0.05) is 51.1 Å². The summed E-state index contributed by atoms with van der Waals surface area (Å²) in [5, 5.41) is 2.72. The van der Waals surface area contributed by atoms with Crippen LogP contribution in [0.2, 0.25) is 0 Å². The zero-order chi connectivity index (χ0) is 21.4. The van der Waals surface area contributed by atoms with Crippen molar-refractivity contribution in [1.82, 2.24) is 5.32 Å². The number of sulfonamides is 1. The highest BCUT2D eigenvalue weighted by Crippen LogP contribution is 2.39. The lowest BCUT2D eigenvalue weighted by Gasteiger charge is -2.18. The van der Waals surface area contributed by atoms with Crippen LogP contribution in [0, 0.1) is 5.82 Å². The topological polar surface area (TPSA) is 87.8 Å². The lowest BCUT2D eigenvalue weighted by molar-refractivity contribution is -0.122. The fourth-order valence-corrected chi connectivity index (χ4v) is 3.54. The van der Waals surface area contributed by atoms with Crippen molar-refractivity contribution >= 4 is 21.6 Å². The predicted molar refractivity (Wildman–Crippen MR) is 109 cm³/mol. The van der Waals surface area contributed by atoms with E-state index in [0.29, 0.717) is 5.56 Å². The molecule has 8 heteroatoms. The Hall–Kier alpha value is -2.45. The molecule has 1 fully saturated rings. The van der Waals surface area contributed by atoms with Crippen molar-refractivity contribution in [3.63, 3.8) is 0 Å². The number of hydrogen-bond acceptors (Lipinski definition) is 4. The molecule has 1 aliphatic rings. The quantitative estimate of drug-likeness (QED) is 0.703. The number of halogens is 1. The third-order valence-corrected chi connectivity index (χ3v) is 5.24. The first-order chi connectivity index (χ1) is 13.4. The summed E-state index contributed by atoms with van der Waals surface area (Å²) in [5.41, 5.74) is 2.59. The number of hydrogen-bond donors (Lipinski definition) is 2. The standard InChI is InChI=1S/C21H25FN2O4S/c1-21(2,3)15-8-6-14(7-9-15)18-19(28-18)20(25)23-12-13-5-10-17(16(22)11-13)24-29(4,26)27/h5-11,18-19,24H,12H2,1-4H3,(H,23,25). The van der Waals surface area contributed by atoms with E-state index >= 15 is 0 Å². The zero-order valence-corrected chi connectivity index (χ0v) is 17.6. The van der Waals surface area contributed by atoms with Gasteiger partial charge < -0.3 is 10.1 Å². The first-order valence-corrected chi connectivity index (χ1v) is 11.1. The minimum Gasteiger partial charge on any atom is -0.354 e. The summed E-state index contributed by atoms with van der Waals surface area (Å²) in [6.45, 7) is 6.53. The van der Waals surface area contributed by atoms with Crippen LogP contribution < -0.4 is 10.0 Å². The van der Waals surface area contributed by atoms with E-state index in [4.69, 9.17) is 4.74 Å². The average Bonchev–Trinajstić information content (AvgIpc) is 3.41. The van der Waals surface area contributed by atoms with E-state index in [1.807, 2.05) is 24.3 Å². The number of benzene rings is 2. The van der Waals surface area contributed by atoms with Crippen LogP contribution in [0.4, 0.5) is 10.1 Å². The van der Waals surface area contributed by atoms with Gasteiger partial charge in [0.25, 0.3) is 5.91 Å². The molecule has 0 bridgehead atoms. The molecule has 3 rings (SSSR count). The Balaban J connectivity index is 1.55. The fourth-order valence-electron chi connectivity index (χ4n) is 2.98. The summed E-state index contributed by atoms with van der Waals surface area (Å²) < 4.78 is 44.0. The van der Waals surface area contributed by atoms with Gasteiger partial charge in [0.2, 0.25) is 10.0 Å². The molecule has 1 amide bonds.